The summed E-state index contributed by atoms with van der Waals surface area (Å²) in [5.41, 5.74) is -0.140. The highest BCUT2D eigenvalue weighted by Gasteiger charge is 2.55. The predicted molar refractivity (Wildman–Crippen MR) is 62.0 cm³/mol. The lowest BCUT2D eigenvalue weighted by atomic mass is 10.2. The molecule has 16 heavy (non-hydrogen) atoms. The molecule has 1 aliphatic heterocycles. The molecule has 0 aromatic rings. The van der Waals surface area contributed by atoms with E-state index in [4.69, 9.17) is 4.74 Å². The Morgan fingerprint density at radius 1 is 1.50 bits per heavy atom. The van der Waals surface area contributed by atoms with Gasteiger partial charge in [-0.25, -0.2) is 0 Å². The van der Waals surface area contributed by atoms with Crippen LogP contribution >= 0.6 is 0 Å². The minimum absolute atomic E-state index is 0.140. The highest BCUT2D eigenvalue weighted by atomic mass is 16.5. The van der Waals surface area contributed by atoms with Gasteiger partial charge in [-0.15, -0.1) is 0 Å². The van der Waals surface area contributed by atoms with E-state index >= 15 is 0 Å². The van der Waals surface area contributed by atoms with Crippen molar-refractivity contribution in [2.75, 3.05) is 26.4 Å². The minimum Gasteiger partial charge on any atom is -0.381 e. The molecule has 1 spiro atoms. The number of carbonyl (C=O) groups is 1. The molecule has 0 unspecified atom stereocenters. The summed E-state index contributed by atoms with van der Waals surface area (Å²) in [7, 11) is 0. The number of carbonyl (C=O) groups excluding carboxylic acids is 1. The number of nitrogens with one attached hydrogen (secondary N) is 1. The Balaban J connectivity index is 1.59. The molecule has 0 aromatic carbocycles. The van der Waals surface area contributed by atoms with Crippen LogP contribution in [0, 0.1) is 5.92 Å². The maximum absolute atomic E-state index is 11.9. The van der Waals surface area contributed by atoms with Crippen molar-refractivity contribution in [2.24, 2.45) is 5.92 Å². The number of ether oxygens (including phenoxy) is 1. The van der Waals surface area contributed by atoms with Gasteiger partial charge < -0.3 is 9.64 Å². The maximum Gasteiger partial charge on any atom is 0.243 e. The third kappa shape index (κ3) is 2.55. The molecule has 1 saturated carbocycles. The molecule has 1 heterocycles. The van der Waals surface area contributed by atoms with Gasteiger partial charge in [0.15, 0.2) is 0 Å². The lowest BCUT2D eigenvalue weighted by molar-refractivity contribution is -0.129. The summed E-state index contributed by atoms with van der Waals surface area (Å²) in [5.74, 6) is 0.890. The molecule has 1 aliphatic carbocycles. The molecule has 1 N–H and O–H groups in total. The molecule has 2 rings (SSSR count). The van der Waals surface area contributed by atoms with E-state index in [1.807, 2.05) is 4.90 Å². The number of amides is 1. The molecule has 0 radical (unpaired) electrons. The second-order valence-electron chi connectivity index (χ2n) is 5.31. The van der Waals surface area contributed by atoms with Crippen LogP contribution in [0.15, 0.2) is 0 Å². The average molecular weight is 226 g/mol. The molecule has 2 fully saturated rings. The average Bonchev–Trinajstić information content (AvgIpc) is 2.95. The molecule has 92 valence electrons. The van der Waals surface area contributed by atoms with Gasteiger partial charge in [-0.3, -0.25) is 10.1 Å². The van der Waals surface area contributed by atoms with Gasteiger partial charge in [-0.2, -0.15) is 0 Å². The van der Waals surface area contributed by atoms with Gasteiger partial charge in [0, 0.05) is 19.8 Å². The quantitative estimate of drug-likeness (QED) is 0.686. The lowest BCUT2D eigenvalue weighted by Crippen LogP contribution is -2.33. The Hall–Kier alpha value is -0.610. The van der Waals surface area contributed by atoms with Crippen LogP contribution in [0.2, 0.25) is 0 Å². The van der Waals surface area contributed by atoms with Gasteiger partial charge in [0.2, 0.25) is 5.91 Å². The Bertz CT molecular complexity index is 262. The van der Waals surface area contributed by atoms with Gasteiger partial charge >= 0.3 is 0 Å². The van der Waals surface area contributed by atoms with Crippen LogP contribution in [-0.2, 0) is 9.53 Å². The van der Waals surface area contributed by atoms with Gasteiger partial charge in [-0.1, -0.05) is 13.8 Å². The first-order chi connectivity index (χ1) is 7.64. The molecule has 1 saturated heterocycles. The summed E-state index contributed by atoms with van der Waals surface area (Å²) in [6, 6.07) is 0. The molecule has 1 amide bonds. The zero-order valence-electron chi connectivity index (χ0n) is 10.3. The maximum atomic E-state index is 11.9. The highest BCUT2D eigenvalue weighted by molar-refractivity contribution is 5.91. The Morgan fingerprint density at radius 2 is 2.25 bits per heavy atom. The monoisotopic (exact) mass is 226 g/mol. The van der Waals surface area contributed by atoms with Crippen LogP contribution in [0.3, 0.4) is 0 Å². The fraction of sp³-hybridized carbons (Fsp3) is 0.917. The predicted octanol–water partition coefficient (Wildman–Crippen LogP) is 0.971. The fourth-order valence-corrected chi connectivity index (χ4v) is 2.07. The van der Waals surface area contributed by atoms with Crippen LogP contribution in [0.5, 0.6) is 0 Å². The molecular formula is C12H22N2O2. The zero-order valence-corrected chi connectivity index (χ0v) is 10.3. The number of hydrogen-bond donors (Lipinski definition) is 1. The summed E-state index contributed by atoms with van der Waals surface area (Å²) in [5, 5.41) is 3.30. The van der Waals surface area contributed by atoms with E-state index < -0.39 is 0 Å². The summed E-state index contributed by atoms with van der Waals surface area (Å²) in [4.78, 5) is 13.8. The summed E-state index contributed by atoms with van der Waals surface area (Å²) < 4.78 is 5.50. The molecule has 2 aliphatic rings. The van der Waals surface area contributed by atoms with Crippen molar-refractivity contribution in [2.45, 2.75) is 38.6 Å². The van der Waals surface area contributed by atoms with Crippen LogP contribution in [0.25, 0.3) is 0 Å². The smallest absolute Gasteiger partial charge is 0.243 e. The number of rotatable bonds is 6. The van der Waals surface area contributed by atoms with Crippen LogP contribution < -0.4 is 5.32 Å². The molecule has 0 aromatic heterocycles. The van der Waals surface area contributed by atoms with Crippen molar-refractivity contribution < 1.29 is 9.53 Å². The van der Waals surface area contributed by atoms with E-state index in [0.717, 1.165) is 45.7 Å². The van der Waals surface area contributed by atoms with Gasteiger partial charge in [0.05, 0.1) is 12.2 Å². The van der Waals surface area contributed by atoms with Crippen molar-refractivity contribution in [3.05, 3.63) is 0 Å². The van der Waals surface area contributed by atoms with Crippen molar-refractivity contribution >= 4 is 5.91 Å². The lowest BCUT2D eigenvalue weighted by Gasteiger charge is -2.15. The number of hydrogen-bond acceptors (Lipinski definition) is 3. The van der Waals surface area contributed by atoms with E-state index in [2.05, 4.69) is 19.2 Å². The van der Waals surface area contributed by atoms with Crippen LogP contribution in [0.4, 0.5) is 0 Å². The summed E-state index contributed by atoms with van der Waals surface area (Å²) >= 11 is 0. The van der Waals surface area contributed by atoms with Crippen molar-refractivity contribution in [3.63, 3.8) is 0 Å². The summed E-state index contributed by atoms with van der Waals surface area (Å²) in [6.45, 7) is 7.41. The Morgan fingerprint density at radius 3 is 2.81 bits per heavy atom. The van der Waals surface area contributed by atoms with E-state index in [9.17, 15) is 4.79 Å². The third-order valence-corrected chi connectivity index (χ3v) is 3.22. The minimum atomic E-state index is -0.140. The first-order valence-electron chi connectivity index (χ1n) is 6.26. The van der Waals surface area contributed by atoms with Crippen LogP contribution in [0.1, 0.15) is 33.1 Å². The first-order valence-corrected chi connectivity index (χ1v) is 6.26. The Kier molecular flexibility index (Phi) is 3.50. The standard InChI is InChI=1S/C12H22N2O2/c1-10(2)8-16-7-3-6-14-9-13-12(4-5-12)11(14)15/h10,13H,3-9H2,1-2H3. The topological polar surface area (TPSA) is 41.6 Å². The SMILES string of the molecule is CC(C)COCCCN1CNC2(CC2)C1=O. The van der Waals surface area contributed by atoms with Crippen molar-refractivity contribution in [1.29, 1.82) is 0 Å². The first kappa shape index (κ1) is 11.9. The van der Waals surface area contributed by atoms with Crippen molar-refractivity contribution in [1.82, 2.24) is 10.2 Å². The molecule has 0 bridgehead atoms. The van der Waals surface area contributed by atoms with Crippen molar-refractivity contribution in [3.8, 4) is 0 Å². The van der Waals surface area contributed by atoms with E-state index in [-0.39, 0.29) is 5.54 Å². The second kappa shape index (κ2) is 4.72. The van der Waals surface area contributed by atoms with E-state index in [1.165, 1.54) is 0 Å². The fourth-order valence-electron chi connectivity index (χ4n) is 2.07. The largest absolute Gasteiger partial charge is 0.381 e. The third-order valence-electron chi connectivity index (χ3n) is 3.22. The summed E-state index contributed by atoms with van der Waals surface area (Å²) in [6.07, 6.45) is 2.98. The van der Waals surface area contributed by atoms with Gasteiger partial charge in [-0.05, 0) is 25.2 Å². The highest BCUT2D eigenvalue weighted by Crippen LogP contribution is 2.39. The molecule has 0 atom stereocenters. The van der Waals surface area contributed by atoms with Crippen LogP contribution in [-0.4, -0.2) is 42.8 Å². The Labute approximate surface area is 97.3 Å². The van der Waals surface area contributed by atoms with Gasteiger partial charge in [0.1, 0.15) is 0 Å². The van der Waals surface area contributed by atoms with Gasteiger partial charge in [0.25, 0.3) is 0 Å². The molecule has 4 heteroatoms. The normalized spacial score (nSPS) is 22.4. The zero-order chi connectivity index (χ0) is 11.6. The van der Waals surface area contributed by atoms with E-state index in [1.54, 1.807) is 0 Å². The number of nitrogens with zero attached hydrogens (tertiary/aromatic N) is 1. The van der Waals surface area contributed by atoms with E-state index in [0.29, 0.717) is 11.8 Å². The second-order valence-corrected chi connectivity index (χ2v) is 5.31. The molecule has 4 nitrogen and oxygen atoms in total. The molecular weight excluding hydrogens is 204 g/mol.